The maximum absolute atomic E-state index is 11.3. The first-order valence-corrected chi connectivity index (χ1v) is 5.49. The molecule has 4 nitrogen and oxygen atoms in total. The summed E-state index contributed by atoms with van der Waals surface area (Å²) in [5.74, 6) is 0. The Balaban J connectivity index is 2.45. The van der Waals surface area contributed by atoms with Crippen molar-refractivity contribution in [1.29, 1.82) is 5.26 Å². The molecule has 0 bridgehead atoms. The van der Waals surface area contributed by atoms with Crippen LogP contribution in [0.15, 0.2) is 0 Å². The molecular formula is C7H12N2O2S. The van der Waals surface area contributed by atoms with Gasteiger partial charge in [-0.1, -0.05) is 0 Å². The first kappa shape index (κ1) is 9.49. The molecule has 1 atom stereocenters. The number of nitrogens with zero attached hydrogens (tertiary/aromatic N) is 1. The van der Waals surface area contributed by atoms with E-state index in [1.807, 2.05) is 6.07 Å². The van der Waals surface area contributed by atoms with Crippen LogP contribution in [0, 0.1) is 11.3 Å². The minimum absolute atomic E-state index is 0.196. The van der Waals surface area contributed by atoms with Crippen molar-refractivity contribution >= 4 is 10.0 Å². The van der Waals surface area contributed by atoms with E-state index in [0.717, 1.165) is 12.8 Å². The van der Waals surface area contributed by atoms with Crippen molar-refractivity contribution < 1.29 is 8.42 Å². The molecule has 0 aromatic heterocycles. The van der Waals surface area contributed by atoms with Gasteiger partial charge in [0.15, 0.2) is 0 Å². The second-order valence-corrected chi connectivity index (χ2v) is 5.12. The fourth-order valence-electron chi connectivity index (χ4n) is 0.934. The Morgan fingerprint density at radius 2 is 2.25 bits per heavy atom. The van der Waals surface area contributed by atoms with Crippen molar-refractivity contribution in [1.82, 2.24) is 4.72 Å². The highest BCUT2D eigenvalue weighted by Crippen LogP contribution is 2.27. The van der Waals surface area contributed by atoms with Crippen molar-refractivity contribution in [3.05, 3.63) is 0 Å². The van der Waals surface area contributed by atoms with Gasteiger partial charge in [-0.05, 0) is 19.8 Å². The highest BCUT2D eigenvalue weighted by atomic mass is 32.2. The van der Waals surface area contributed by atoms with Crippen LogP contribution in [0.25, 0.3) is 0 Å². The maximum atomic E-state index is 11.3. The SMILES string of the molecule is CC(CC#N)NS(=O)(=O)C1CC1. The van der Waals surface area contributed by atoms with E-state index in [9.17, 15) is 8.42 Å². The van der Waals surface area contributed by atoms with Gasteiger partial charge in [-0.2, -0.15) is 5.26 Å². The van der Waals surface area contributed by atoms with E-state index >= 15 is 0 Å². The van der Waals surface area contributed by atoms with Crippen molar-refractivity contribution in [2.45, 2.75) is 37.5 Å². The Bertz CT molecular complexity index is 287. The lowest BCUT2D eigenvalue weighted by Gasteiger charge is -2.09. The monoisotopic (exact) mass is 188 g/mol. The normalized spacial score (nSPS) is 20.0. The minimum atomic E-state index is -3.11. The first-order valence-electron chi connectivity index (χ1n) is 3.94. The van der Waals surface area contributed by atoms with E-state index in [2.05, 4.69) is 4.72 Å². The molecule has 1 aliphatic carbocycles. The van der Waals surface area contributed by atoms with Gasteiger partial charge in [-0.25, -0.2) is 13.1 Å². The van der Waals surface area contributed by atoms with Crippen LogP contribution >= 0.6 is 0 Å². The third kappa shape index (κ3) is 2.47. The molecule has 1 aliphatic rings. The predicted octanol–water partition coefficient (Wildman–Crippen LogP) is 0.370. The lowest BCUT2D eigenvalue weighted by molar-refractivity contribution is 0.562. The zero-order chi connectivity index (χ0) is 9.19. The van der Waals surface area contributed by atoms with E-state index in [4.69, 9.17) is 5.26 Å². The van der Waals surface area contributed by atoms with Crippen molar-refractivity contribution in [3.63, 3.8) is 0 Å². The summed E-state index contributed by atoms with van der Waals surface area (Å²) in [7, 11) is -3.11. The fourth-order valence-corrected chi connectivity index (χ4v) is 2.53. The van der Waals surface area contributed by atoms with E-state index in [0.29, 0.717) is 0 Å². The molecule has 0 aromatic rings. The van der Waals surface area contributed by atoms with Crippen LogP contribution in [-0.4, -0.2) is 19.7 Å². The molecular weight excluding hydrogens is 176 g/mol. The van der Waals surface area contributed by atoms with E-state index < -0.39 is 10.0 Å². The molecule has 1 saturated carbocycles. The van der Waals surface area contributed by atoms with Crippen LogP contribution in [-0.2, 0) is 10.0 Å². The Hall–Kier alpha value is -0.600. The van der Waals surface area contributed by atoms with Crippen molar-refractivity contribution in [2.24, 2.45) is 0 Å². The van der Waals surface area contributed by atoms with Crippen LogP contribution in [0.5, 0.6) is 0 Å². The van der Waals surface area contributed by atoms with Gasteiger partial charge in [0, 0.05) is 6.04 Å². The van der Waals surface area contributed by atoms with Gasteiger partial charge in [0.1, 0.15) is 0 Å². The first-order chi connectivity index (χ1) is 5.56. The number of rotatable bonds is 4. The predicted molar refractivity (Wildman–Crippen MR) is 44.8 cm³/mol. The third-order valence-corrected chi connectivity index (χ3v) is 3.81. The summed E-state index contributed by atoms with van der Waals surface area (Å²) in [4.78, 5) is 0. The van der Waals surface area contributed by atoms with Crippen LogP contribution in [0.1, 0.15) is 26.2 Å². The zero-order valence-corrected chi connectivity index (χ0v) is 7.76. The smallest absolute Gasteiger partial charge is 0.212 e. The highest BCUT2D eigenvalue weighted by molar-refractivity contribution is 7.90. The lowest BCUT2D eigenvalue weighted by Crippen LogP contribution is -2.34. The number of nitriles is 1. The molecule has 1 rings (SSSR count). The third-order valence-electron chi connectivity index (χ3n) is 1.73. The van der Waals surface area contributed by atoms with Crippen molar-refractivity contribution in [2.75, 3.05) is 0 Å². The second-order valence-electron chi connectivity index (χ2n) is 3.13. The quantitative estimate of drug-likeness (QED) is 0.693. The Labute approximate surface area is 72.6 Å². The highest BCUT2D eigenvalue weighted by Gasteiger charge is 2.36. The molecule has 0 heterocycles. The van der Waals surface area contributed by atoms with Gasteiger partial charge in [0.2, 0.25) is 10.0 Å². The molecule has 5 heteroatoms. The Kier molecular flexibility index (Phi) is 2.70. The summed E-state index contributed by atoms with van der Waals surface area (Å²) in [6.07, 6.45) is 1.75. The minimum Gasteiger partial charge on any atom is -0.212 e. The van der Waals surface area contributed by atoms with Crippen LogP contribution < -0.4 is 4.72 Å². The molecule has 0 aliphatic heterocycles. The summed E-state index contributed by atoms with van der Waals surface area (Å²) in [6.45, 7) is 1.70. The molecule has 0 aromatic carbocycles. The zero-order valence-electron chi connectivity index (χ0n) is 6.95. The number of hydrogen-bond acceptors (Lipinski definition) is 3. The molecule has 1 fully saturated rings. The van der Waals surface area contributed by atoms with Gasteiger partial charge >= 0.3 is 0 Å². The topological polar surface area (TPSA) is 70.0 Å². The molecule has 0 amide bonds. The van der Waals surface area contributed by atoms with Crippen LogP contribution in [0.2, 0.25) is 0 Å². The molecule has 0 radical (unpaired) electrons. The Morgan fingerprint density at radius 1 is 1.67 bits per heavy atom. The second kappa shape index (κ2) is 3.42. The summed E-state index contributed by atoms with van der Waals surface area (Å²) in [5.41, 5.74) is 0. The van der Waals surface area contributed by atoms with E-state index in [1.165, 1.54) is 0 Å². The standard InChI is InChI=1S/C7H12N2O2S/c1-6(4-5-8)9-12(10,11)7-2-3-7/h6-7,9H,2-4H2,1H3. The van der Waals surface area contributed by atoms with E-state index in [-0.39, 0.29) is 17.7 Å². The van der Waals surface area contributed by atoms with Gasteiger partial charge in [0.25, 0.3) is 0 Å². The van der Waals surface area contributed by atoms with Crippen LogP contribution in [0.4, 0.5) is 0 Å². The maximum Gasteiger partial charge on any atom is 0.214 e. The molecule has 0 saturated heterocycles. The number of nitrogens with one attached hydrogen (secondary N) is 1. The lowest BCUT2D eigenvalue weighted by atomic mass is 10.3. The summed E-state index contributed by atoms with van der Waals surface area (Å²) in [6, 6.07) is 1.66. The van der Waals surface area contributed by atoms with Crippen LogP contribution in [0.3, 0.4) is 0 Å². The van der Waals surface area contributed by atoms with Gasteiger partial charge in [-0.3, -0.25) is 0 Å². The molecule has 1 unspecified atom stereocenters. The Morgan fingerprint density at radius 3 is 2.67 bits per heavy atom. The van der Waals surface area contributed by atoms with Gasteiger partial charge in [-0.15, -0.1) is 0 Å². The van der Waals surface area contributed by atoms with Gasteiger partial charge in [0.05, 0.1) is 17.7 Å². The molecule has 12 heavy (non-hydrogen) atoms. The molecule has 68 valence electrons. The number of hydrogen-bond donors (Lipinski definition) is 1. The summed E-state index contributed by atoms with van der Waals surface area (Å²) >= 11 is 0. The average Bonchev–Trinajstić information content (AvgIpc) is 2.65. The molecule has 0 spiro atoms. The fraction of sp³-hybridized carbons (Fsp3) is 0.857. The average molecular weight is 188 g/mol. The summed E-state index contributed by atoms with van der Waals surface area (Å²) < 4.78 is 25.0. The van der Waals surface area contributed by atoms with Gasteiger partial charge < -0.3 is 0 Å². The largest absolute Gasteiger partial charge is 0.214 e. The van der Waals surface area contributed by atoms with E-state index in [1.54, 1.807) is 6.92 Å². The molecule has 1 N–H and O–H groups in total. The van der Waals surface area contributed by atoms with Crippen molar-refractivity contribution in [3.8, 4) is 6.07 Å². The summed E-state index contributed by atoms with van der Waals surface area (Å²) in [5, 5.41) is 8.11. The number of sulfonamides is 1.